The number of Topliss-reactive ketones (excluding diaryl/α,β-unsaturated/α-hetero) is 1. The maximum absolute atomic E-state index is 13.3. The molecule has 3 rings (SSSR count). The molecule has 162 valence electrons. The number of imide groups is 1. The van der Waals surface area contributed by atoms with Crippen LogP contribution in [0.1, 0.15) is 28.5 Å². The third-order valence-corrected chi connectivity index (χ3v) is 5.58. The number of carbonyl (C=O) groups excluding carboxylic acids is 3. The first-order valence-electron chi connectivity index (χ1n) is 9.39. The summed E-state index contributed by atoms with van der Waals surface area (Å²) in [5.74, 6) is -1.70. The average Bonchev–Trinajstić information content (AvgIpc) is 2.76. The summed E-state index contributed by atoms with van der Waals surface area (Å²) in [5, 5.41) is 16.9. The predicted molar refractivity (Wildman–Crippen MR) is 117 cm³/mol. The van der Waals surface area contributed by atoms with Gasteiger partial charge in [-0.1, -0.05) is 42.5 Å². The third-order valence-electron chi connectivity index (χ3n) is 4.97. The van der Waals surface area contributed by atoms with Gasteiger partial charge in [-0.25, -0.2) is 14.4 Å². The van der Waals surface area contributed by atoms with Gasteiger partial charge in [0.25, 0.3) is 0 Å². The molecule has 4 amide bonds. The monoisotopic (exact) mass is 442 g/mol. The number of ketones is 1. The van der Waals surface area contributed by atoms with Crippen LogP contribution >= 0.6 is 11.8 Å². The Morgan fingerprint density at radius 3 is 2.32 bits per heavy atom. The highest BCUT2D eigenvalue weighted by molar-refractivity contribution is 7.98. The Labute approximate surface area is 182 Å². The van der Waals surface area contributed by atoms with E-state index in [1.165, 1.54) is 17.8 Å². The molecule has 0 saturated carbocycles. The van der Waals surface area contributed by atoms with Gasteiger partial charge in [0.05, 0.1) is 0 Å². The number of carboxylic acid groups (broad SMARTS) is 1. The van der Waals surface area contributed by atoms with Gasteiger partial charge in [0.1, 0.15) is 6.17 Å². The van der Waals surface area contributed by atoms with Crippen molar-refractivity contribution in [3.8, 4) is 11.1 Å². The zero-order valence-corrected chi connectivity index (χ0v) is 17.5. The van der Waals surface area contributed by atoms with Crippen LogP contribution in [-0.4, -0.2) is 46.5 Å². The fraction of sp³-hybridized carbons (Fsp3) is 0.238. The van der Waals surface area contributed by atoms with E-state index in [4.69, 9.17) is 5.73 Å². The van der Waals surface area contributed by atoms with E-state index in [1.807, 2.05) is 6.07 Å². The lowest BCUT2D eigenvalue weighted by Gasteiger charge is -2.27. The molecule has 31 heavy (non-hydrogen) atoms. The van der Waals surface area contributed by atoms with E-state index in [-0.39, 0.29) is 12.0 Å². The Hall–Kier alpha value is -3.37. The van der Waals surface area contributed by atoms with Crippen LogP contribution in [0.2, 0.25) is 0 Å². The molecule has 9 nitrogen and oxygen atoms in total. The van der Waals surface area contributed by atoms with Crippen molar-refractivity contribution in [1.82, 2.24) is 16.0 Å². The molecule has 1 fully saturated rings. The fourth-order valence-electron chi connectivity index (χ4n) is 3.26. The zero-order chi connectivity index (χ0) is 22.6. The summed E-state index contributed by atoms with van der Waals surface area (Å²) >= 11 is 1.40. The summed E-state index contributed by atoms with van der Waals surface area (Å²) < 4.78 is 0. The number of benzene rings is 2. The quantitative estimate of drug-likeness (QED) is 0.310. The predicted octanol–water partition coefficient (Wildman–Crippen LogP) is 2.09. The summed E-state index contributed by atoms with van der Waals surface area (Å²) in [6.45, 7) is 0. The van der Waals surface area contributed by atoms with E-state index in [2.05, 4.69) is 16.0 Å². The molecule has 1 unspecified atom stereocenters. The first-order valence-corrected chi connectivity index (χ1v) is 10.8. The van der Waals surface area contributed by atoms with Crippen molar-refractivity contribution >= 4 is 35.6 Å². The second kappa shape index (κ2) is 9.19. The largest absolute Gasteiger partial charge is 0.480 e. The van der Waals surface area contributed by atoms with E-state index in [0.29, 0.717) is 22.4 Å². The van der Waals surface area contributed by atoms with Crippen molar-refractivity contribution in [2.45, 2.75) is 18.1 Å². The number of nitrogens with two attached hydrogens (primary N) is 1. The van der Waals surface area contributed by atoms with Gasteiger partial charge in [0, 0.05) is 5.56 Å². The van der Waals surface area contributed by atoms with Crippen LogP contribution in [0.5, 0.6) is 0 Å². The SMILES string of the molecule is CSCCC(N)(C(=O)O)C(=O)c1ccc(C2NC(=O)NC(=O)N2)cc1-c1ccccc1. The van der Waals surface area contributed by atoms with Gasteiger partial charge in [-0.05, 0) is 41.2 Å². The summed E-state index contributed by atoms with van der Waals surface area (Å²) in [4.78, 5) is 48.6. The second-order valence-corrected chi connectivity index (χ2v) is 8.01. The normalized spacial score (nSPS) is 15.9. The van der Waals surface area contributed by atoms with Crippen molar-refractivity contribution in [3.05, 3.63) is 59.7 Å². The van der Waals surface area contributed by atoms with E-state index in [0.717, 1.165) is 0 Å². The molecule has 0 bridgehead atoms. The number of carbonyl (C=O) groups is 4. The average molecular weight is 442 g/mol. The molecular weight excluding hydrogens is 420 g/mol. The summed E-state index contributed by atoms with van der Waals surface area (Å²) in [6, 6.07) is 12.3. The van der Waals surface area contributed by atoms with Crippen molar-refractivity contribution in [2.75, 3.05) is 12.0 Å². The van der Waals surface area contributed by atoms with Gasteiger partial charge < -0.3 is 21.5 Å². The Balaban J connectivity index is 2.10. The number of rotatable bonds is 8. The Kier molecular flexibility index (Phi) is 6.62. The number of amides is 4. The minimum Gasteiger partial charge on any atom is -0.480 e. The number of urea groups is 2. The van der Waals surface area contributed by atoms with Gasteiger partial charge in [-0.2, -0.15) is 11.8 Å². The molecule has 0 spiro atoms. The smallest absolute Gasteiger partial charge is 0.331 e. The van der Waals surface area contributed by atoms with Gasteiger partial charge in [0.15, 0.2) is 11.3 Å². The molecule has 2 aromatic rings. The highest BCUT2D eigenvalue weighted by Gasteiger charge is 2.43. The van der Waals surface area contributed by atoms with E-state index < -0.39 is 35.5 Å². The van der Waals surface area contributed by atoms with Crippen LogP contribution in [0.4, 0.5) is 9.59 Å². The lowest BCUT2D eigenvalue weighted by molar-refractivity contribution is -0.141. The molecule has 1 atom stereocenters. The van der Waals surface area contributed by atoms with Gasteiger partial charge in [-0.15, -0.1) is 0 Å². The molecule has 2 aromatic carbocycles. The maximum atomic E-state index is 13.3. The van der Waals surface area contributed by atoms with Crippen LogP contribution < -0.4 is 21.7 Å². The summed E-state index contributed by atoms with van der Waals surface area (Å²) in [6.07, 6.45) is 0.962. The Bertz CT molecular complexity index is 1010. The second-order valence-electron chi connectivity index (χ2n) is 7.02. The van der Waals surface area contributed by atoms with Crippen LogP contribution in [0.3, 0.4) is 0 Å². The number of hydrogen-bond donors (Lipinski definition) is 5. The molecule has 0 aromatic heterocycles. The number of thioether (sulfide) groups is 1. The Morgan fingerprint density at radius 1 is 1.10 bits per heavy atom. The van der Waals surface area contributed by atoms with Crippen molar-refractivity contribution in [3.63, 3.8) is 0 Å². The van der Waals surface area contributed by atoms with Crippen LogP contribution in [-0.2, 0) is 4.79 Å². The molecule has 1 heterocycles. The number of nitrogens with one attached hydrogen (secondary N) is 3. The summed E-state index contributed by atoms with van der Waals surface area (Å²) in [5.41, 5.74) is 5.78. The molecule has 0 aliphatic carbocycles. The molecule has 0 radical (unpaired) electrons. The molecule has 6 N–H and O–H groups in total. The first kappa shape index (κ1) is 22.3. The fourth-order valence-corrected chi connectivity index (χ4v) is 3.78. The van der Waals surface area contributed by atoms with Crippen LogP contribution in [0.25, 0.3) is 11.1 Å². The van der Waals surface area contributed by atoms with E-state index in [1.54, 1.807) is 42.7 Å². The van der Waals surface area contributed by atoms with Gasteiger partial charge in [-0.3, -0.25) is 10.1 Å². The van der Waals surface area contributed by atoms with Crippen molar-refractivity contribution < 1.29 is 24.3 Å². The van der Waals surface area contributed by atoms with E-state index in [9.17, 15) is 24.3 Å². The number of aliphatic carboxylic acids is 1. The number of hydrogen-bond acceptors (Lipinski definition) is 6. The molecular formula is C21H22N4O5S. The van der Waals surface area contributed by atoms with Crippen molar-refractivity contribution in [1.29, 1.82) is 0 Å². The summed E-state index contributed by atoms with van der Waals surface area (Å²) in [7, 11) is 0. The van der Waals surface area contributed by atoms with Gasteiger partial charge in [0.2, 0.25) is 0 Å². The minimum atomic E-state index is -2.08. The molecule has 1 aliphatic heterocycles. The van der Waals surface area contributed by atoms with Gasteiger partial charge >= 0.3 is 18.0 Å². The van der Waals surface area contributed by atoms with E-state index >= 15 is 0 Å². The lowest BCUT2D eigenvalue weighted by atomic mass is 9.83. The highest BCUT2D eigenvalue weighted by atomic mass is 32.2. The lowest BCUT2D eigenvalue weighted by Crippen LogP contribution is -2.57. The standard InChI is InChI=1S/C21H22N4O5S/c1-31-10-9-21(22,18(27)28)16(26)14-8-7-13(17-23-19(29)25-20(30)24-17)11-15(14)12-5-3-2-4-6-12/h2-8,11,17H,9-10,22H2,1H3,(H,27,28)(H3,23,24,25,29,30). The topological polar surface area (TPSA) is 151 Å². The maximum Gasteiger partial charge on any atom is 0.331 e. The van der Waals surface area contributed by atoms with Crippen LogP contribution in [0, 0.1) is 0 Å². The highest BCUT2D eigenvalue weighted by Crippen LogP contribution is 2.30. The molecule has 1 saturated heterocycles. The molecule has 1 aliphatic rings. The first-order chi connectivity index (χ1) is 14.8. The molecule has 10 heteroatoms. The Morgan fingerprint density at radius 2 is 1.74 bits per heavy atom. The third kappa shape index (κ3) is 4.70. The van der Waals surface area contributed by atoms with Crippen molar-refractivity contribution in [2.24, 2.45) is 5.73 Å². The number of carboxylic acids is 1. The zero-order valence-electron chi connectivity index (χ0n) is 16.7. The van der Waals surface area contributed by atoms with Crippen LogP contribution in [0.15, 0.2) is 48.5 Å². The minimum absolute atomic E-state index is 0.0290.